The molecule has 0 aromatic heterocycles. The second-order valence-electron chi connectivity index (χ2n) is 5.93. The minimum absolute atomic E-state index is 0.0374. The molecule has 23 heavy (non-hydrogen) atoms. The second-order valence-corrected chi connectivity index (χ2v) is 5.93. The number of nitro benzene ring substituents is 1. The Labute approximate surface area is 134 Å². The largest absolute Gasteiger partial charge is 0.335 e. The summed E-state index contributed by atoms with van der Waals surface area (Å²) < 4.78 is 0. The lowest BCUT2D eigenvalue weighted by Gasteiger charge is -2.25. The maximum atomic E-state index is 12.7. The van der Waals surface area contributed by atoms with Gasteiger partial charge in [-0.15, -0.1) is 0 Å². The van der Waals surface area contributed by atoms with Gasteiger partial charge in [0.1, 0.15) is 0 Å². The van der Waals surface area contributed by atoms with Gasteiger partial charge in [-0.2, -0.15) is 0 Å². The molecule has 118 valence electrons. The first-order chi connectivity index (χ1) is 11.0. The lowest BCUT2D eigenvalue weighted by molar-refractivity contribution is -0.385. The van der Waals surface area contributed by atoms with Gasteiger partial charge in [0.25, 0.3) is 11.6 Å². The summed E-state index contributed by atoms with van der Waals surface area (Å²) >= 11 is 0. The number of nitrogens with zero attached hydrogens (tertiary/aromatic N) is 2. The first-order valence-corrected chi connectivity index (χ1v) is 7.59. The van der Waals surface area contributed by atoms with Crippen molar-refractivity contribution >= 4 is 11.6 Å². The van der Waals surface area contributed by atoms with E-state index in [2.05, 4.69) is 12.1 Å². The standard InChI is InChI=1S/C18H18N2O3/c1-12-11-14(8-9-16(12)20(22)23)18(21)19(2)17-10-7-13-5-3-4-6-15(13)17/h3-6,8-9,11,17H,7,10H2,1-2H3/t17-/m1/s1. The molecule has 3 rings (SSSR count). The van der Waals surface area contributed by atoms with Crippen LogP contribution in [0.2, 0.25) is 0 Å². The number of nitro groups is 1. The lowest BCUT2D eigenvalue weighted by atomic mass is 10.0. The van der Waals surface area contributed by atoms with Crippen molar-refractivity contribution in [3.8, 4) is 0 Å². The third-order valence-electron chi connectivity index (χ3n) is 4.53. The van der Waals surface area contributed by atoms with E-state index in [1.807, 2.05) is 12.1 Å². The zero-order valence-electron chi connectivity index (χ0n) is 13.2. The molecule has 0 fully saturated rings. The van der Waals surface area contributed by atoms with Crippen LogP contribution < -0.4 is 0 Å². The molecule has 1 aliphatic rings. The van der Waals surface area contributed by atoms with Crippen molar-refractivity contribution in [1.82, 2.24) is 4.90 Å². The molecule has 1 atom stereocenters. The Morgan fingerprint density at radius 3 is 2.70 bits per heavy atom. The van der Waals surface area contributed by atoms with Crippen LogP contribution in [0.5, 0.6) is 0 Å². The van der Waals surface area contributed by atoms with Crippen LogP contribution in [0.4, 0.5) is 5.69 Å². The molecule has 0 saturated heterocycles. The van der Waals surface area contributed by atoms with Crippen LogP contribution in [0.1, 0.15) is 39.5 Å². The molecule has 5 heteroatoms. The third kappa shape index (κ3) is 2.70. The Hall–Kier alpha value is -2.69. The Bertz CT molecular complexity index is 786. The predicted molar refractivity (Wildman–Crippen MR) is 87.4 cm³/mol. The number of fused-ring (bicyclic) bond motifs is 1. The van der Waals surface area contributed by atoms with Crippen LogP contribution in [0.3, 0.4) is 0 Å². The fourth-order valence-electron chi connectivity index (χ4n) is 3.28. The first-order valence-electron chi connectivity index (χ1n) is 7.59. The van der Waals surface area contributed by atoms with E-state index >= 15 is 0 Å². The molecule has 1 amide bonds. The van der Waals surface area contributed by atoms with Crippen molar-refractivity contribution in [2.24, 2.45) is 0 Å². The summed E-state index contributed by atoms with van der Waals surface area (Å²) in [6, 6.07) is 12.8. The Kier molecular flexibility index (Phi) is 3.86. The Morgan fingerprint density at radius 2 is 2.00 bits per heavy atom. The predicted octanol–water partition coefficient (Wildman–Crippen LogP) is 3.66. The molecule has 0 bridgehead atoms. The average Bonchev–Trinajstić information content (AvgIpc) is 2.97. The maximum Gasteiger partial charge on any atom is 0.272 e. The Balaban J connectivity index is 1.86. The molecule has 0 saturated carbocycles. The zero-order valence-corrected chi connectivity index (χ0v) is 13.2. The van der Waals surface area contributed by atoms with E-state index in [4.69, 9.17) is 0 Å². The van der Waals surface area contributed by atoms with E-state index in [1.54, 1.807) is 24.9 Å². The van der Waals surface area contributed by atoms with Crippen molar-refractivity contribution in [3.63, 3.8) is 0 Å². The highest BCUT2D eigenvalue weighted by atomic mass is 16.6. The minimum Gasteiger partial charge on any atom is -0.335 e. The van der Waals surface area contributed by atoms with Crippen molar-refractivity contribution in [3.05, 3.63) is 74.8 Å². The molecule has 0 spiro atoms. The van der Waals surface area contributed by atoms with Gasteiger partial charge in [0.2, 0.25) is 0 Å². The fourth-order valence-corrected chi connectivity index (χ4v) is 3.28. The maximum absolute atomic E-state index is 12.7. The highest BCUT2D eigenvalue weighted by molar-refractivity contribution is 5.95. The number of rotatable bonds is 3. The molecule has 0 radical (unpaired) electrons. The van der Waals surface area contributed by atoms with Gasteiger partial charge in [0.05, 0.1) is 11.0 Å². The van der Waals surface area contributed by atoms with Gasteiger partial charge >= 0.3 is 0 Å². The molecule has 2 aromatic carbocycles. The van der Waals surface area contributed by atoms with E-state index in [-0.39, 0.29) is 17.6 Å². The van der Waals surface area contributed by atoms with Gasteiger partial charge in [-0.25, -0.2) is 0 Å². The van der Waals surface area contributed by atoms with Gasteiger partial charge in [-0.3, -0.25) is 14.9 Å². The summed E-state index contributed by atoms with van der Waals surface area (Å²) in [5.41, 5.74) is 3.51. The monoisotopic (exact) mass is 310 g/mol. The van der Waals surface area contributed by atoms with Crippen LogP contribution in [0.15, 0.2) is 42.5 Å². The van der Waals surface area contributed by atoms with Gasteiger partial charge in [0, 0.05) is 24.2 Å². The normalized spacial score (nSPS) is 16.0. The van der Waals surface area contributed by atoms with Gasteiger partial charge in [-0.05, 0) is 43.0 Å². The van der Waals surface area contributed by atoms with Crippen molar-refractivity contribution in [2.75, 3.05) is 7.05 Å². The fraction of sp³-hybridized carbons (Fsp3) is 0.278. The molecule has 5 nitrogen and oxygen atoms in total. The van der Waals surface area contributed by atoms with Crippen LogP contribution in [-0.2, 0) is 6.42 Å². The third-order valence-corrected chi connectivity index (χ3v) is 4.53. The van der Waals surface area contributed by atoms with Crippen LogP contribution in [-0.4, -0.2) is 22.8 Å². The lowest BCUT2D eigenvalue weighted by Crippen LogP contribution is -2.30. The van der Waals surface area contributed by atoms with Gasteiger partial charge < -0.3 is 4.90 Å². The van der Waals surface area contributed by atoms with Crippen LogP contribution >= 0.6 is 0 Å². The minimum atomic E-state index is -0.430. The van der Waals surface area contributed by atoms with E-state index < -0.39 is 4.92 Å². The number of aryl methyl sites for hydroxylation is 2. The zero-order chi connectivity index (χ0) is 16.6. The number of hydrogen-bond acceptors (Lipinski definition) is 3. The summed E-state index contributed by atoms with van der Waals surface area (Å²) in [7, 11) is 1.80. The van der Waals surface area contributed by atoms with Gasteiger partial charge in [-0.1, -0.05) is 24.3 Å². The number of benzene rings is 2. The quantitative estimate of drug-likeness (QED) is 0.642. The summed E-state index contributed by atoms with van der Waals surface area (Å²) in [4.78, 5) is 24.9. The molecule has 1 aliphatic carbocycles. The molecule has 0 N–H and O–H groups in total. The van der Waals surface area contributed by atoms with Crippen molar-refractivity contribution < 1.29 is 9.72 Å². The molecule has 0 heterocycles. The summed E-state index contributed by atoms with van der Waals surface area (Å²) in [6.45, 7) is 1.65. The SMILES string of the molecule is Cc1cc(C(=O)N(C)[C@@H]2CCc3ccccc32)ccc1[N+](=O)[O-]. The van der Waals surface area contributed by atoms with Crippen molar-refractivity contribution in [2.45, 2.75) is 25.8 Å². The van der Waals surface area contributed by atoms with E-state index in [0.717, 1.165) is 12.8 Å². The van der Waals surface area contributed by atoms with Crippen LogP contribution in [0.25, 0.3) is 0 Å². The highest BCUT2D eigenvalue weighted by Gasteiger charge is 2.29. The molecular formula is C18H18N2O3. The number of hydrogen-bond donors (Lipinski definition) is 0. The topological polar surface area (TPSA) is 63.5 Å². The van der Waals surface area contributed by atoms with Crippen molar-refractivity contribution in [1.29, 1.82) is 0 Å². The van der Waals surface area contributed by atoms with Crippen LogP contribution in [0, 0.1) is 17.0 Å². The molecular weight excluding hydrogens is 292 g/mol. The molecule has 0 aliphatic heterocycles. The number of carbonyl (C=O) groups is 1. The second kappa shape index (κ2) is 5.83. The summed E-state index contributed by atoms with van der Waals surface area (Å²) in [5, 5.41) is 10.9. The first kappa shape index (κ1) is 15.2. The van der Waals surface area contributed by atoms with E-state index in [9.17, 15) is 14.9 Å². The summed E-state index contributed by atoms with van der Waals surface area (Å²) in [6.07, 6.45) is 1.88. The average molecular weight is 310 g/mol. The molecule has 0 unspecified atom stereocenters. The highest BCUT2D eigenvalue weighted by Crippen LogP contribution is 2.35. The number of amides is 1. The number of carbonyl (C=O) groups excluding carboxylic acids is 1. The Morgan fingerprint density at radius 1 is 1.26 bits per heavy atom. The summed E-state index contributed by atoms with van der Waals surface area (Å²) in [5.74, 6) is -0.107. The van der Waals surface area contributed by atoms with E-state index in [0.29, 0.717) is 11.1 Å². The smallest absolute Gasteiger partial charge is 0.272 e. The van der Waals surface area contributed by atoms with E-state index in [1.165, 1.54) is 23.3 Å². The molecule has 2 aromatic rings. The van der Waals surface area contributed by atoms with Gasteiger partial charge in [0.15, 0.2) is 0 Å².